The summed E-state index contributed by atoms with van der Waals surface area (Å²) in [5.74, 6) is -1.04. The van der Waals surface area contributed by atoms with E-state index < -0.39 is 21.7 Å². The molecule has 1 N–H and O–H groups in total. The van der Waals surface area contributed by atoms with Crippen molar-refractivity contribution < 1.29 is 17.6 Å². The molecule has 36 heavy (non-hydrogen) atoms. The molecule has 1 aliphatic heterocycles. The average molecular weight is 574 g/mol. The van der Waals surface area contributed by atoms with Crippen LogP contribution in [0.25, 0.3) is 0 Å². The Bertz CT molecular complexity index is 1440. The zero-order valence-electron chi connectivity index (χ0n) is 19.6. The van der Waals surface area contributed by atoms with Crippen molar-refractivity contribution in [1.29, 1.82) is 0 Å². The van der Waals surface area contributed by atoms with Gasteiger partial charge in [0.1, 0.15) is 10.7 Å². The Morgan fingerprint density at radius 1 is 1.03 bits per heavy atom. The number of hydrogen-bond donors (Lipinski definition) is 1. The van der Waals surface area contributed by atoms with Gasteiger partial charge in [-0.2, -0.15) is 9.40 Å². The Kier molecular flexibility index (Phi) is 7.97. The van der Waals surface area contributed by atoms with Crippen molar-refractivity contribution in [3.8, 4) is 0 Å². The Morgan fingerprint density at radius 3 is 2.39 bits per heavy atom. The van der Waals surface area contributed by atoms with Crippen LogP contribution in [0.5, 0.6) is 0 Å². The molecule has 192 valence electrons. The van der Waals surface area contributed by atoms with Crippen LogP contribution in [-0.4, -0.2) is 41.5 Å². The molecular weight excluding hydrogens is 550 g/mol. The molecule has 2 aromatic carbocycles. The predicted molar refractivity (Wildman–Crippen MR) is 139 cm³/mol. The maximum Gasteiger partial charge on any atom is 0.257 e. The molecule has 12 heteroatoms. The zero-order valence-corrected chi connectivity index (χ0v) is 22.7. The number of piperidine rings is 1. The number of nitrogens with one attached hydrogen (secondary N) is 1. The predicted octanol–water partition coefficient (Wildman–Crippen LogP) is 6.07. The van der Waals surface area contributed by atoms with Gasteiger partial charge in [0.25, 0.3) is 5.91 Å². The lowest BCUT2D eigenvalue weighted by Gasteiger charge is -2.26. The van der Waals surface area contributed by atoms with Crippen molar-refractivity contribution in [1.82, 2.24) is 14.1 Å². The fraction of sp³-hybridized carbons (Fsp3) is 0.333. The Labute approximate surface area is 224 Å². The van der Waals surface area contributed by atoms with Gasteiger partial charge >= 0.3 is 0 Å². The molecule has 7 nitrogen and oxygen atoms in total. The molecule has 0 unspecified atom stereocenters. The number of benzene rings is 2. The van der Waals surface area contributed by atoms with E-state index in [1.807, 2.05) is 0 Å². The first-order valence-electron chi connectivity index (χ1n) is 11.3. The second kappa shape index (κ2) is 10.7. The van der Waals surface area contributed by atoms with Crippen LogP contribution in [0.3, 0.4) is 0 Å². The van der Waals surface area contributed by atoms with Crippen LogP contribution in [0, 0.1) is 19.7 Å². The summed E-state index contributed by atoms with van der Waals surface area (Å²) in [5.41, 5.74) is 2.25. The summed E-state index contributed by atoms with van der Waals surface area (Å²) in [4.78, 5) is 13.1. The first-order chi connectivity index (χ1) is 17.0. The summed E-state index contributed by atoms with van der Waals surface area (Å²) in [6.45, 7) is 4.56. The van der Waals surface area contributed by atoms with Crippen molar-refractivity contribution in [2.45, 2.75) is 44.6 Å². The molecule has 3 aromatic rings. The fourth-order valence-corrected chi connectivity index (χ4v) is 6.75. The van der Waals surface area contributed by atoms with Gasteiger partial charge in [-0.15, -0.1) is 0 Å². The minimum Gasteiger partial charge on any atom is -0.319 e. The molecule has 1 aliphatic rings. The highest BCUT2D eigenvalue weighted by Gasteiger charge is 2.30. The maximum absolute atomic E-state index is 13.4. The number of hydrogen-bond acceptors (Lipinski definition) is 4. The molecule has 4 rings (SSSR count). The summed E-state index contributed by atoms with van der Waals surface area (Å²) in [6, 6.07) is 6.60. The van der Waals surface area contributed by atoms with Gasteiger partial charge in [0.15, 0.2) is 0 Å². The van der Waals surface area contributed by atoms with Gasteiger partial charge in [-0.05, 0) is 56.5 Å². The van der Waals surface area contributed by atoms with E-state index >= 15 is 0 Å². The van der Waals surface area contributed by atoms with Crippen molar-refractivity contribution >= 4 is 56.4 Å². The number of halogens is 4. The van der Waals surface area contributed by atoms with Gasteiger partial charge in [-0.25, -0.2) is 12.8 Å². The highest BCUT2D eigenvalue weighted by atomic mass is 35.5. The number of aromatic nitrogens is 2. The van der Waals surface area contributed by atoms with Gasteiger partial charge in [0.05, 0.1) is 39.2 Å². The third kappa shape index (κ3) is 5.40. The van der Waals surface area contributed by atoms with Crippen LogP contribution in [0.1, 0.15) is 46.6 Å². The Morgan fingerprint density at radius 2 is 1.72 bits per heavy atom. The summed E-state index contributed by atoms with van der Waals surface area (Å²) < 4.78 is 42.8. The first kappa shape index (κ1) is 26.9. The fourth-order valence-electron chi connectivity index (χ4n) is 4.17. The third-order valence-corrected chi connectivity index (χ3v) is 9.18. The SMILES string of the molecule is Cc1nn(Cc2ccc(F)cc2Cl)c(C)c1NC(=O)c1cc(S(=O)(=O)N2CCCCC2)c(Cl)cc1Cl. The molecule has 0 atom stereocenters. The zero-order chi connectivity index (χ0) is 26.2. The molecule has 0 spiro atoms. The topological polar surface area (TPSA) is 84.3 Å². The highest BCUT2D eigenvalue weighted by molar-refractivity contribution is 7.89. The number of nitrogens with zero attached hydrogens (tertiary/aromatic N) is 3. The number of carbonyl (C=O) groups excluding carboxylic acids is 1. The smallest absolute Gasteiger partial charge is 0.257 e. The molecule has 0 aliphatic carbocycles. The van der Waals surface area contributed by atoms with Crippen LogP contribution in [0.2, 0.25) is 15.1 Å². The monoisotopic (exact) mass is 572 g/mol. The minimum atomic E-state index is -3.89. The molecule has 1 amide bonds. The van der Waals surface area contributed by atoms with Gasteiger partial charge in [0, 0.05) is 18.1 Å². The minimum absolute atomic E-state index is 0.0234. The van der Waals surface area contributed by atoms with Gasteiger partial charge in [0.2, 0.25) is 10.0 Å². The molecule has 0 radical (unpaired) electrons. The Hall–Kier alpha value is -2.17. The quantitative estimate of drug-likeness (QED) is 0.388. The summed E-state index contributed by atoms with van der Waals surface area (Å²) in [7, 11) is -3.89. The lowest BCUT2D eigenvalue weighted by molar-refractivity contribution is 0.102. The summed E-state index contributed by atoms with van der Waals surface area (Å²) >= 11 is 18.7. The van der Waals surface area contributed by atoms with Crippen LogP contribution < -0.4 is 5.32 Å². The van der Waals surface area contributed by atoms with Gasteiger partial charge < -0.3 is 5.32 Å². The molecular formula is C24H24Cl3FN4O3S. The maximum atomic E-state index is 13.4. The van der Waals surface area contributed by atoms with Gasteiger partial charge in [-0.3, -0.25) is 9.48 Å². The second-order valence-corrected chi connectivity index (χ2v) is 11.7. The van der Waals surface area contributed by atoms with Crippen LogP contribution in [-0.2, 0) is 16.6 Å². The number of carbonyl (C=O) groups is 1. The van der Waals surface area contributed by atoms with Crippen molar-refractivity contribution in [2.24, 2.45) is 0 Å². The third-order valence-electron chi connectivity index (χ3n) is 6.15. The standard InChI is InChI=1S/C24H24Cl3FN4O3S/c1-14-23(15(2)32(30-14)13-16-6-7-17(28)10-19(16)25)29-24(33)18-11-22(21(27)12-20(18)26)36(34,35)31-8-4-3-5-9-31/h6-7,10-12H,3-5,8-9,13H2,1-2H3,(H,29,33). The average Bonchev–Trinajstić information content (AvgIpc) is 3.08. The van der Waals surface area contributed by atoms with Crippen molar-refractivity contribution in [2.75, 3.05) is 18.4 Å². The molecule has 0 bridgehead atoms. The lowest BCUT2D eigenvalue weighted by atomic mass is 10.2. The van der Waals surface area contributed by atoms with E-state index in [9.17, 15) is 17.6 Å². The van der Waals surface area contributed by atoms with E-state index in [1.165, 1.54) is 28.6 Å². The van der Waals surface area contributed by atoms with Crippen LogP contribution in [0.15, 0.2) is 35.2 Å². The molecule has 1 fully saturated rings. The molecule has 1 saturated heterocycles. The number of sulfonamides is 1. The second-order valence-electron chi connectivity index (χ2n) is 8.62. The first-order valence-corrected chi connectivity index (χ1v) is 13.8. The summed E-state index contributed by atoms with van der Waals surface area (Å²) in [5, 5.41) is 7.50. The van der Waals surface area contributed by atoms with Crippen LogP contribution in [0.4, 0.5) is 10.1 Å². The van der Waals surface area contributed by atoms with E-state index in [4.69, 9.17) is 34.8 Å². The van der Waals surface area contributed by atoms with E-state index in [-0.39, 0.29) is 32.1 Å². The number of rotatable bonds is 6. The van der Waals surface area contributed by atoms with E-state index in [2.05, 4.69) is 10.4 Å². The van der Waals surface area contributed by atoms with Crippen molar-refractivity contribution in [3.05, 3.63) is 73.7 Å². The molecule has 1 aromatic heterocycles. The number of amides is 1. The number of aryl methyl sites for hydroxylation is 1. The van der Waals surface area contributed by atoms with Gasteiger partial charge in [-0.1, -0.05) is 47.3 Å². The largest absolute Gasteiger partial charge is 0.319 e. The van der Waals surface area contributed by atoms with E-state index in [1.54, 1.807) is 24.6 Å². The number of anilines is 1. The van der Waals surface area contributed by atoms with E-state index in [0.717, 1.165) is 19.3 Å². The molecule has 0 saturated carbocycles. The van der Waals surface area contributed by atoms with E-state index in [0.29, 0.717) is 35.7 Å². The normalized spacial score (nSPS) is 14.7. The van der Waals surface area contributed by atoms with Crippen molar-refractivity contribution in [3.63, 3.8) is 0 Å². The van der Waals surface area contributed by atoms with Crippen LogP contribution >= 0.6 is 34.8 Å². The lowest BCUT2D eigenvalue weighted by Crippen LogP contribution is -2.35. The molecule has 2 heterocycles. The Balaban J connectivity index is 1.62. The summed E-state index contributed by atoms with van der Waals surface area (Å²) in [6.07, 6.45) is 2.50. The highest BCUT2D eigenvalue weighted by Crippen LogP contribution is 2.33.